The van der Waals surface area contributed by atoms with Gasteiger partial charge in [-0.1, -0.05) is 6.08 Å². The second-order valence-electron chi connectivity index (χ2n) is 5.18. The Labute approximate surface area is 131 Å². The van der Waals surface area contributed by atoms with Crippen molar-refractivity contribution in [3.8, 4) is 0 Å². The summed E-state index contributed by atoms with van der Waals surface area (Å²) in [7, 11) is 2.18. The number of allylic oxidation sites excluding steroid dienone is 1. The lowest BCUT2D eigenvalue weighted by Gasteiger charge is -2.31. The van der Waals surface area contributed by atoms with E-state index in [0.29, 0.717) is 6.04 Å². The van der Waals surface area contributed by atoms with Crippen molar-refractivity contribution in [1.82, 2.24) is 4.31 Å². The zero-order valence-electron chi connectivity index (χ0n) is 12.6. The first-order valence-corrected chi connectivity index (χ1v) is 9.10. The van der Waals surface area contributed by atoms with Crippen molar-refractivity contribution in [2.45, 2.75) is 35.6 Å². The lowest BCUT2D eigenvalue weighted by Crippen LogP contribution is -2.36. The number of likely N-dealkylation sites (N-methyl/N-ethyl adjacent to an activating group) is 1. The van der Waals surface area contributed by atoms with Crippen molar-refractivity contribution in [2.24, 2.45) is 0 Å². The molecule has 1 aliphatic heterocycles. The number of thioether (sulfide) groups is 1. The van der Waals surface area contributed by atoms with E-state index in [1.807, 2.05) is 29.8 Å². The van der Waals surface area contributed by atoms with Gasteiger partial charge in [-0.15, -0.1) is 18.3 Å². The maximum atomic E-state index is 3.85. The number of anilines is 1. The van der Waals surface area contributed by atoms with Gasteiger partial charge in [-0.2, -0.15) is 0 Å². The van der Waals surface area contributed by atoms with Crippen molar-refractivity contribution in [2.75, 3.05) is 31.3 Å². The summed E-state index contributed by atoms with van der Waals surface area (Å²) in [6.07, 6.45) is 6.41. The maximum Gasteiger partial charge on any atom is 0.0531 e. The van der Waals surface area contributed by atoms with Crippen LogP contribution in [-0.4, -0.2) is 36.7 Å². The van der Waals surface area contributed by atoms with Crippen LogP contribution in [0.4, 0.5) is 5.69 Å². The predicted octanol–water partition coefficient (Wildman–Crippen LogP) is 4.52. The van der Waals surface area contributed by atoms with E-state index < -0.39 is 0 Å². The highest BCUT2D eigenvalue weighted by atomic mass is 32.2. The minimum absolute atomic E-state index is 0.552. The molecule has 20 heavy (non-hydrogen) atoms. The molecule has 0 saturated carbocycles. The highest BCUT2D eigenvalue weighted by Crippen LogP contribution is 2.38. The Bertz CT molecular complexity index is 462. The van der Waals surface area contributed by atoms with Crippen LogP contribution in [0.3, 0.4) is 0 Å². The third-order valence-corrected chi connectivity index (χ3v) is 5.47. The Morgan fingerprint density at radius 1 is 1.45 bits per heavy atom. The van der Waals surface area contributed by atoms with Crippen molar-refractivity contribution >= 4 is 29.4 Å². The van der Waals surface area contributed by atoms with Crippen LogP contribution in [0.1, 0.15) is 19.8 Å². The summed E-state index contributed by atoms with van der Waals surface area (Å²) in [4.78, 5) is 5.28. The van der Waals surface area contributed by atoms with Gasteiger partial charge in [0, 0.05) is 28.9 Å². The first-order valence-electron chi connectivity index (χ1n) is 7.10. The van der Waals surface area contributed by atoms with Crippen LogP contribution >= 0.6 is 23.7 Å². The molecule has 0 spiro atoms. The van der Waals surface area contributed by atoms with Gasteiger partial charge in [-0.3, -0.25) is 0 Å². The molecule has 2 nitrogen and oxygen atoms in total. The fraction of sp³-hybridized carbons (Fsp3) is 0.500. The molecule has 110 valence electrons. The van der Waals surface area contributed by atoms with Gasteiger partial charge >= 0.3 is 0 Å². The lowest BCUT2D eigenvalue weighted by atomic mass is 10.1. The second kappa shape index (κ2) is 7.43. The molecule has 0 aromatic heterocycles. The van der Waals surface area contributed by atoms with Crippen LogP contribution in [0, 0.1) is 0 Å². The van der Waals surface area contributed by atoms with E-state index in [4.69, 9.17) is 0 Å². The minimum Gasteiger partial charge on any atom is -0.367 e. The average molecular weight is 309 g/mol. The maximum absolute atomic E-state index is 3.85. The Balaban J connectivity index is 2.31. The summed E-state index contributed by atoms with van der Waals surface area (Å²) in [5, 5.41) is 0. The van der Waals surface area contributed by atoms with E-state index in [1.54, 1.807) is 0 Å². The molecule has 2 rings (SSSR count). The molecule has 4 heteroatoms. The van der Waals surface area contributed by atoms with E-state index in [0.717, 1.165) is 19.5 Å². The SMILES string of the molecule is C=CCCC(C)N1CCN(C)Sc2ccc(SC)cc21. The highest BCUT2D eigenvalue weighted by molar-refractivity contribution is 7.98. The first kappa shape index (κ1) is 15.8. The smallest absolute Gasteiger partial charge is 0.0531 e. The quantitative estimate of drug-likeness (QED) is 0.448. The fourth-order valence-electron chi connectivity index (χ4n) is 2.48. The van der Waals surface area contributed by atoms with Gasteiger partial charge in [-0.05, 0) is 63.2 Å². The van der Waals surface area contributed by atoms with E-state index in [1.165, 1.54) is 21.9 Å². The molecule has 0 aliphatic carbocycles. The Kier molecular flexibility index (Phi) is 5.87. The highest BCUT2D eigenvalue weighted by Gasteiger charge is 2.22. The van der Waals surface area contributed by atoms with E-state index in [9.17, 15) is 0 Å². The van der Waals surface area contributed by atoms with Crippen molar-refractivity contribution in [3.05, 3.63) is 30.9 Å². The summed E-state index contributed by atoms with van der Waals surface area (Å²) in [5.41, 5.74) is 1.39. The average Bonchev–Trinajstić information content (AvgIpc) is 2.62. The van der Waals surface area contributed by atoms with E-state index in [2.05, 4.69) is 54.2 Å². The van der Waals surface area contributed by atoms with Crippen LogP contribution in [-0.2, 0) is 0 Å². The fourth-order valence-corrected chi connectivity index (χ4v) is 3.82. The van der Waals surface area contributed by atoms with Gasteiger partial charge in [0.1, 0.15) is 0 Å². The van der Waals surface area contributed by atoms with Gasteiger partial charge in [0.2, 0.25) is 0 Å². The molecular formula is C16H24N2S2. The monoisotopic (exact) mass is 308 g/mol. The Morgan fingerprint density at radius 3 is 2.95 bits per heavy atom. The van der Waals surface area contributed by atoms with Gasteiger partial charge < -0.3 is 4.90 Å². The molecule has 1 aliphatic rings. The Morgan fingerprint density at radius 2 is 2.25 bits per heavy atom. The third kappa shape index (κ3) is 3.74. The molecule has 1 aromatic carbocycles. The summed E-state index contributed by atoms with van der Waals surface area (Å²) < 4.78 is 2.33. The third-order valence-electron chi connectivity index (χ3n) is 3.71. The normalized spacial score (nSPS) is 17.4. The summed E-state index contributed by atoms with van der Waals surface area (Å²) >= 11 is 3.67. The zero-order chi connectivity index (χ0) is 14.5. The van der Waals surface area contributed by atoms with Crippen molar-refractivity contribution < 1.29 is 0 Å². The number of hydrogen-bond donors (Lipinski definition) is 0. The first-order chi connectivity index (χ1) is 9.65. The molecule has 1 aromatic rings. The standard InChI is InChI=1S/C16H24N2S2/c1-5-6-7-13(2)18-11-10-17(3)20-16-9-8-14(19-4)12-15(16)18/h5,8-9,12-13H,1,6-7,10-11H2,2-4H3. The molecule has 0 N–H and O–H groups in total. The summed E-state index contributed by atoms with van der Waals surface area (Å²) in [6, 6.07) is 7.38. The molecule has 0 saturated heterocycles. The Hall–Kier alpha value is -0.580. The molecular weight excluding hydrogens is 284 g/mol. The number of fused-ring (bicyclic) bond motifs is 1. The summed E-state index contributed by atoms with van der Waals surface area (Å²) in [6.45, 7) is 8.35. The number of hydrogen-bond acceptors (Lipinski definition) is 4. The molecule has 1 unspecified atom stereocenters. The van der Waals surface area contributed by atoms with E-state index in [-0.39, 0.29) is 0 Å². The summed E-state index contributed by atoms with van der Waals surface area (Å²) in [5.74, 6) is 0. The molecule has 1 atom stereocenters. The van der Waals surface area contributed by atoms with Gasteiger partial charge in [-0.25, -0.2) is 4.31 Å². The lowest BCUT2D eigenvalue weighted by molar-refractivity contribution is 0.526. The number of nitrogens with zero attached hydrogens (tertiary/aromatic N) is 2. The molecule has 0 amide bonds. The topological polar surface area (TPSA) is 6.48 Å². The van der Waals surface area contributed by atoms with Crippen LogP contribution in [0.25, 0.3) is 0 Å². The molecule has 0 fully saturated rings. The van der Waals surface area contributed by atoms with Gasteiger partial charge in [0.15, 0.2) is 0 Å². The predicted molar refractivity (Wildman–Crippen MR) is 92.9 cm³/mol. The molecule has 0 bridgehead atoms. The van der Waals surface area contributed by atoms with Crippen molar-refractivity contribution in [1.29, 1.82) is 0 Å². The largest absolute Gasteiger partial charge is 0.367 e. The van der Waals surface area contributed by atoms with Crippen LogP contribution < -0.4 is 4.90 Å². The van der Waals surface area contributed by atoms with E-state index >= 15 is 0 Å². The van der Waals surface area contributed by atoms with Gasteiger partial charge in [0.25, 0.3) is 0 Å². The number of benzene rings is 1. The second-order valence-corrected chi connectivity index (χ2v) is 7.31. The van der Waals surface area contributed by atoms with Gasteiger partial charge in [0.05, 0.1) is 5.69 Å². The molecule has 0 radical (unpaired) electrons. The molecule has 1 heterocycles. The van der Waals surface area contributed by atoms with Crippen LogP contribution in [0.15, 0.2) is 40.6 Å². The minimum atomic E-state index is 0.552. The van der Waals surface area contributed by atoms with Crippen molar-refractivity contribution in [3.63, 3.8) is 0 Å². The van der Waals surface area contributed by atoms with Crippen LogP contribution in [0.2, 0.25) is 0 Å². The zero-order valence-corrected chi connectivity index (χ0v) is 14.3. The number of rotatable bonds is 5. The van der Waals surface area contributed by atoms with Crippen LogP contribution in [0.5, 0.6) is 0 Å².